The quantitative estimate of drug-likeness (QED) is 0.847. The minimum Gasteiger partial charge on any atom is -0.375 e. The molecule has 0 aromatic carbocycles. The maximum atomic E-state index is 11.3. The lowest BCUT2D eigenvalue weighted by Crippen LogP contribution is -1.98. The lowest BCUT2D eigenvalue weighted by atomic mass is 10.3. The average Bonchev–Trinajstić information content (AvgIpc) is 2.82. The Labute approximate surface area is 117 Å². The molecular weight excluding hydrogens is 282 g/mol. The zero-order chi connectivity index (χ0) is 14.4. The maximum absolute atomic E-state index is 11.3. The minimum absolute atomic E-state index is 0.206. The second-order valence-electron chi connectivity index (χ2n) is 3.02. The Kier molecular flexibility index (Phi) is 5.54. The highest BCUT2D eigenvalue weighted by molar-refractivity contribution is 7.84. The molecule has 1 atom stereocenters. The Balaban J connectivity index is 0.000000861. The summed E-state index contributed by atoms with van der Waals surface area (Å²) < 4.78 is 11.3. The molecule has 0 aliphatic rings. The van der Waals surface area contributed by atoms with Gasteiger partial charge in [0.25, 0.3) is 0 Å². The van der Waals surface area contributed by atoms with Crippen LogP contribution in [0.5, 0.6) is 0 Å². The first-order valence-electron chi connectivity index (χ1n) is 5.45. The largest absolute Gasteiger partial charge is 0.375 e. The topological polar surface area (TPSA) is 106 Å². The molecule has 8 heteroatoms. The summed E-state index contributed by atoms with van der Waals surface area (Å²) >= 11 is 1.09. The van der Waals surface area contributed by atoms with E-state index in [1.807, 2.05) is 19.9 Å². The Hall–Kier alpha value is -1.85. The monoisotopic (exact) mass is 295 g/mol. The summed E-state index contributed by atoms with van der Waals surface area (Å²) in [5.74, 6) is 0. The van der Waals surface area contributed by atoms with Crippen molar-refractivity contribution in [3.8, 4) is 17.5 Å². The van der Waals surface area contributed by atoms with Gasteiger partial charge in [0.1, 0.15) is 16.6 Å². The van der Waals surface area contributed by atoms with Crippen LogP contribution in [0.2, 0.25) is 0 Å². The third kappa shape index (κ3) is 3.56. The summed E-state index contributed by atoms with van der Waals surface area (Å²) in [5.41, 5.74) is 6.40. The van der Waals surface area contributed by atoms with Gasteiger partial charge in [0, 0.05) is 12.5 Å². The molecule has 2 aromatic rings. The van der Waals surface area contributed by atoms with Crippen molar-refractivity contribution in [3.63, 3.8) is 0 Å². The number of hydrogen-bond acceptors (Lipinski definition) is 7. The summed E-state index contributed by atoms with van der Waals surface area (Å²) in [4.78, 5) is 12.4. The molecule has 0 saturated carbocycles. The Morgan fingerprint density at radius 1 is 1.42 bits per heavy atom. The molecule has 2 rings (SSSR count). The van der Waals surface area contributed by atoms with Crippen molar-refractivity contribution < 1.29 is 4.21 Å². The number of nitrogens with zero attached hydrogens (tertiary/aromatic N) is 4. The van der Waals surface area contributed by atoms with Gasteiger partial charge in [0.15, 0.2) is 5.13 Å². The molecular formula is C11H13N5OS2. The number of nitriles is 1. The van der Waals surface area contributed by atoms with Crippen molar-refractivity contribution >= 4 is 27.3 Å². The van der Waals surface area contributed by atoms with Crippen LogP contribution >= 0.6 is 11.3 Å². The highest BCUT2D eigenvalue weighted by Gasteiger charge is 2.14. The second-order valence-corrected chi connectivity index (χ2v) is 5.32. The molecule has 6 nitrogen and oxygen atoms in total. The molecule has 0 saturated heterocycles. The average molecular weight is 295 g/mol. The number of anilines is 1. The van der Waals surface area contributed by atoms with Gasteiger partial charge < -0.3 is 5.73 Å². The van der Waals surface area contributed by atoms with Crippen LogP contribution < -0.4 is 5.73 Å². The number of thiazole rings is 1. The van der Waals surface area contributed by atoms with Crippen molar-refractivity contribution in [1.82, 2.24) is 15.0 Å². The van der Waals surface area contributed by atoms with Crippen LogP contribution in [0, 0.1) is 11.3 Å². The fourth-order valence-electron chi connectivity index (χ4n) is 1.20. The van der Waals surface area contributed by atoms with E-state index in [1.165, 1.54) is 12.5 Å². The summed E-state index contributed by atoms with van der Waals surface area (Å²) in [5, 5.41) is 9.44. The van der Waals surface area contributed by atoms with E-state index >= 15 is 0 Å². The third-order valence-electron chi connectivity index (χ3n) is 1.88. The van der Waals surface area contributed by atoms with Crippen LogP contribution in [0.25, 0.3) is 11.4 Å². The first kappa shape index (κ1) is 15.2. The van der Waals surface area contributed by atoms with Crippen LogP contribution in [0.4, 0.5) is 5.13 Å². The lowest BCUT2D eigenvalue weighted by molar-refractivity contribution is 0.680. The smallest absolute Gasteiger partial charge is 0.218 e. The number of nitrogens with two attached hydrogens (primary N) is 1. The van der Waals surface area contributed by atoms with Gasteiger partial charge in [0.2, 0.25) is 5.16 Å². The third-order valence-corrected chi connectivity index (χ3v) is 3.38. The molecule has 2 heterocycles. The van der Waals surface area contributed by atoms with E-state index in [0.29, 0.717) is 21.4 Å². The summed E-state index contributed by atoms with van der Waals surface area (Å²) in [6.07, 6.45) is 2.97. The number of aromatic nitrogens is 3. The van der Waals surface area contributed by atoms with Gasteiger partial charge in [-0.2, -0.15) is 5.26 Å². The van der Waals surface area contributed by atoms with Gasteiger partial charge in [0.05, 0.1) is 16.5 Å². The number of nitrogen functional groups attached to an aromatic ring is 1. The van der Waals surface area contributed by atoms with Gasteiger partial charge in [-0.05, 0) is 6.07 Å². The molecule has 0 bridgehead atoms. The van der Waals surface area contributed by atoms with Crippen molar-refractivity contribution in [1.29, 1.82) is 5.26 Å². The molecule has 2 N–H and O–H groups in total. The molecule has 1 unspecified atom stereocenters. The highest BCUT2D eigenvalue weighted by Crippen LogP contribution is 2.27. The van der Waals surface area contributed by atoms with Gasteiger partial charge >= 0.3 is 0 Å². The molecule has 0 spiro atoms. The normalized spacial score (nSPS) is 11.1. The van der Waals surface area contributed by atoms with E-state index in [0.717, 1.165) is 11.3 Å². The first-order chi connectivity index (χ1) is 9.11. The van der Waals surface area contributed by atoms with Gasteiger partial charge in [-0.25, -0.2) is 15.0 Å². The van der Waals surface area contributed by atoms with Crippen LogP contribution in [0.3, 0.4) is 0 Å². The molecule has 2 aromatic heterocycles. The predicted octanol–water partition coefficient (Wildman–Crippen LogP) is 1.82. The van der Waals surface area contributed by atoms with Gasteiger partial charge in [-0.3, -0.25) is 4.21 Å². The van der Waals surface area contributed by atoms with Crippen molar-refractivity contribution in [2.75, 3.05) is 12.0 Å². The fourth-order valence-corrected chi connectivity index (χ4v) is 2.27. The van der Waals surface area contributed by atoms with Crippen molar-refractivity contribution in [2.24, 2.45) is 0 Å². The molecule has 0 fully saturated rings. The van der Waals surface area contributed by atoms with E-state index in [9.17, 15) is 4.21 Å². The van der Waals surface area contributed by atoms with E-state index in [4.69, 9.17) is 11.0 Å². The SMILES string of the molecule is CC.CS(=O)c1nccc(-c2nc(N)sc2C#N)n1. The lowest BCUT2D eigenvalue weighted by Gasteiger charge is -1.98. The molecule has 0 aliphatic heterocycles. The molecule has 100 valence electrons. The molecule has 0 radical (unpaired) electrons. The van der Waals surface area contributed by atoms with E-state index in [1.54, 1.807) is 6.07 Å². The van der Waals surface area contributed by atoms with Crippen LogP contribution in [0.15, 0.2) is 17.4 Å². The van der Waals surface area contributed by atoms with Crippen LogP contribution in [0.1, 0.15) is 18.7 Å². The van der Waals surface area contributed by atoms with E-state index < -0.39 is 10.8 Å². The van der Waals surface area contributed by atoms with Crippen LogP contribution in [-0.4, -0.2) is 25.4 Å². The zero-order valence-electron chi connectivity index (χ0n) is 10.7. The van der Waals surface area contributed by atoms with Gasteiger partial charge in [-0.1, -0.05) is 25.2 Å². The highest BCUT2D eigenvalue weighted by atomic mass is 32.2. The molecule has 0 aliphatic carbocycles. The minimum atomic E-state index is -1.28. The second kappa shape index (κ2) is 6.92. The predicted molar refractivity (Wildman–Crippen MR) is 75.9 cm³/mol. The maximum Gasteiger partial charge on any atom is 0.218 e. The summed E-state index contributed by atoms with van der Waals surface area (Å²) in [7, 11) is -1.28. The Morgan fingerprint density at radius 3 is 2.68 bits per heavy atom. The molecule has 19 heavy (non-hydrogen) atoms. The molecule has 0 amide bonds. The van der Waals surface area contributed by atoms with E-state index in [-0.39, 0.29) is 5.16 Å². The number of hydrogen-bond donors (Lipinski definition) is 1. The van der Waals surface area contributed by atoms with Crippen molar-refractivity contribution in [3.05, 3.63) is 17.1 Å². The summed E-state index contributed by atoms with van der Waals surface area (Å²) in [6.45, 7) is 4.00. The number of rotatable bonds is 2. The Bertz CT molecular complexity index is 632. The van der Waals surface area contributed by atoms with Gasteiger partial charge in [-0.15, -0.1) is 0 Å². The van der Waals surface area contributed by atoms with E-state index in [2.05, 4.69) is 15.0 Å². The Morgan fingerprint density at radius 2 is 2.11 bits per heavy atom. The summed E-state index contributed by atoms with van der Waals surface area (Å²) in [6, 6.07) is 3.61. The first-order valence-corrected chi connectivity index (χ1v) is 7.82. The van der Waals surface area contributed by atoms with Crippen LogP contribution in [-0.2, 0) is 10.8 Å². The van der Waals surface area contributed by atoms with Crippen molar-refractivity contribution in [2.45, 2.75) is 19.0 Å². The zero-order valence-corrected chi connectivity index (χ0v) is 12.4. The fraction of sp³-hybridized carbons (Fsp3) is 0.273. The standard InChI is InChI=1S/C9H7N5OS2.C2H6/c1-17(15)9-12-3-2-5(13-9)7-6(4-10)16-8(11)14-7;1-2/h2-3H,1H3,(H2,11,14);1-2H3.